The van der Waals surface area contributed by atoms with Crippen molar-refractivity contribution < 1.29 is 24.5 Å². The van der Waals surface area contributed by atoms with E-state index >= 15 is 0 Å². The Bertz CT molecular complexity index is 805. The Balaban J connectivity index is 1.75. The monoisotopic (exact) mass is 333 g/mol. The number of ether oxygens (including phenoxy) is 1. The zero-order valence-corrected chi connectivity index (χ0v) is 12.6. The van der Waals surface area contributed by atoms with E-state index in [0.717, 1.165) is 4.90 Å². The Morgan fingerprint density at radius 3 is 2.62 bits per heavy atom. The quantitative estimate of drug-likeness (QED) is 0.692. The molecular formula is C14H15N5O5. The topological polar surface area (TPSA) is 131 Å². The minimum absolute atomic E-state index is 0.154. The molecule has 2 aliphatic heterocycles. The number of anilines is 1. The van der Waals surface area contributed by atoms with Gasteiger partial charge in [0.2, 0.25) is 11.8 Å². The van der Waals surface area contributed by atoms with Crippen LogP contribution in [0.3, 0.4) is 0 Å². The highest BCUT2D eigenvalue weighted by Crippen LogP contribution is 2.33. The molecule has 126 valence electrons. The summed E-state index contributed by atoms with van der Waals surface area (Å²) in [6.45, 7) is -0.290. The van der Waals surface area contributed by atoms with E-state index in [1.54, 1.807) is 4.57 Å². The third-order valence-electron chi connectivity index (χ3n) is 4.30. The SMILES string of the molecule is O=C1CCC(=O)N1c1ncnc2c1ncn2C1CC(O)C(CO)O1. The highest BCUT2D eigenvalue weighted by atomic mass is 16.5. The molecule has 3 unspecified atom stereocenters. The first-order valence-corrected chi connectivity index (χ1v) is 7.58. The van der Waals surface area contributed by atoms with Gasteiger partial charge >= 0.3 is 0 Å². The number of imide groups is 1. The number of hydrogen-bond acceptors (Lipinski definition) is 8. The van der Waals surface area contributed by atoms with Crippen LogP contribution < -0.4 is 4.90 Å². The number of aromatic nitrogens is 4. The summed E-state index contributed by atoms with van der Waals surface area (Å²) in [7, 11) is 0. The lowest BCUT2D eigenvalue weighted by Gasteiger charge is -2.15. The fraction of sp³-hybridized carbons (Fsp3) is 0.500. The molecule has 2 saturated heterocycles. The molecule has 2 amide bonds. The van der Waals surface area contributed by atoms with E-state index in [-0.39, 0.29) is 43.5 Å². The molecule has 2 aromatic heterocycles. The number of fused-ring (bicyclic) bond motifs is 1. The lowest BCUT2D eigenvalue weighted by molar-refractivity contribution is -0.121. The van der Waals surface area contributed by atoms with Crippen LogP contribution in [-0.2, 0) is 14.3 Å². The predicted octanol–water partition coefficient (Wildman–Crippen LogP) is -0.880. The molecule has 0 aromatic carbocycles. The first kappa shape index (κ1) is 15.1. The third-order valence-corrected chi connectivity index (χ3v) is 4.30. The van der Waals surface area contributed by atoms with Gasteiger partial charge in [-0.1, -0.05) is 0 Å². The first-order chi connectivity index (χ1) is 11.6. The molecule has 0 radical (unpaired) electrons. The molecule has 0 spiro atoms. The van der Waals surface area contributed by atoms with Crippen LogP contribution in [0.5, 0.6) is 0 Å². The number of carbonyl (C=O) groups is 2. The summed E-state index contributed by atoms with van der Waals surface area (Å²) >= 11 is 0. The van der Waals surface area contributed by atoms with Crippen LogP contribution in [0.15, 0.2) is 12.7 Å². The zero-order valence-electron chi connectivity index (χ0n) is 12.6. The molecule has 4 rings (SSSR count). The van der Waals surface area contributed by atoms with Gasteiger partial charge in [-0.3, -0.25) is 14.2 Å². The van der Waals surface area contributed by atoms with Crippen LogP contribution in [0.25, 0.3) is 11.2 Å². The molecule has 10 nitrogen and oxygen atoms in total. The molecule has 3 atom stereocenters. The second-order valence-electron chi connectivity index (χ2n) is 5.76. The maximum atomic E-state index is 11.9. The van der Waals surface area contributed by atoms with Crippen LogP contribution >= 0.6 is 0 Å². The maximum Gasteiger partial charge on any atom is 0.235 e. The molecule has 0 aliphatic carbocycles. The number of hydrogen-bond donors (Lipinski definition) is 2. The van der Waals surface area contributed by atoms with Gasteiger partial charge in [-0.2, -0.15) is 0 Å². The van der Waals surface area contributed by atoms with Crippen LogP contribution in [0.1, 0.15) is 25.5 Å². The zero-order chi connectivity index (χ0) is 16.8. The van der Waals surface area contributed by atoms with E-state index in [9.17, 15) is 19.8 Å². The summed E-state index contributed by atoms with van der Waals surface area (Å²) in [5.74, 6) is -0.478. The molecule has 10 heteroatoms. The van der Waals surface area contributed by atoms with Crippen molar-refractivity contribution >= 4 is 28.8 Å². The Morgan fingerprint density at radius 1 is 1.21 bits per heavy atom. The van der Waals surface area contributed by atoms with E-state index in [1.807, 2.05) is 0 Å². The third kappa shape index (κ3) is 2.19. The van der Waals surface area contributed by atoms with E-state index in [2.05, 4.69) is 15.0 Å². The first-order valence-electron chi connectivity index (χ1n) is 7.58. The number of rotatable bonds is 3. The van der Waals surface area contributed by atoms with Crippen molar-refractivity contribution in [1.29, 1.82) is 0 Å². The number of amides is 2. The summed E-state index contributed by atoms with van der Waals surface area (Å²) in [5.41, 5.74) is 0.704. The fourth-order valence-corrected chi connectivity index (χ4v) is 3.08. The Hall–Kier alpha value is -2.43. The summed E-state index contributed by atoms with van der Waals surface area (Å²) in [5, 5.41) is 19.1. The van der Waals surface area contributed by atoms with E-state index in [0.29, 0.717) is 11.2 Å². The van der Waals surface area contributed by atoms with Crippen LogP contribution in [0.4, 0.5) is 5.82 Å². The summed E-state index contributed by atoms with van der Waals surface area (Å²) < 4.78 is 7.20. The van der Waals surface area contributed by atoms with E-state index in [4.69, 9.17) is 4.74 Å². The van der Waals surface area contributed by atoms with Gasteiger partial charge in [-0.25, -0.2) is 19.9 Å². The minimum atomic E-state index is -0.791. The van der Waals surface area contributed by atoms with Crippen molar-refractivity contribution in [2.24, 2.45) is 0 Å². The highest BCUT2D eigenvalue weighted by Gasteiger charge is 2.37. The molecule has 0 saturated carbocycles. The van der Waals surface area contributed by atoms with Gasteiger partial charge in [-0.15, -0.1) is 0 Å². The molecular weight excluding hydrogens is 318 g/mol. The Labute approximate surface area is 135 Å². The number of imidazole rings is 1. The van der Waals surface area contributed by atoms with Crippen molar-refractivity contribution in [3.63, 3.8) is 0 Å². The summed E-state index contributed by atoms with van der Waals surface area (Å²) in [6, 6.07) is 0. The number of carbonyl (C=O) groups excluding carboxylic acids is 2. The lowest BCUT2D eigenvalue weighted by atomic mass is 10.2. The predicted molar refractivity (Wildman–Crippen MR) is 78.7 cm³/mol. The number of nitrogens with zero attached hydrogens (tertiary/aromatic N) is 5. The molecule has 2 N–H and O–H groups in total. The fourth-order valence-electron chi connectivity index (χ4n) is 3.08. The molecule has 24 heavy (non-hydrogen) atoms. The van der Waals surface area contributed by atoms with Crippen molar-refractivity contribution in [3.8, 4) is 0 Å². The number of aliphatic hydroxyl groups excluding tert-OH is 2. The number of aliphatic hydroxyl groups is 2. The average Bonchev–Trinajstić information content (AvgIpc) is 3.24. The van der Waals surface area contributed by atoms with Crippen molar-refractivity contribution in [2.45, 2.75) is 37.7 Å². The summed E-state index contributed by atoms with van der Waals surface area (Å²) in [4.78, 5) is 37.3. The molecule has 0 bridgehead atoms. The normalized spacial score (nSPS) is 27.6. The molecule has 2 aromatic rings. The maximum absolute atomic E-state index is 11.9. The van der Waals surface area contributed by atoms with Gasteiger partial charge in [0.25, 0.3) is 0 Å². The second-order valence-corrected chi connectivity index (χ2v) is 5.76. The van der Waals surface area contributed by atoms with E-state index in [1.165, 1.54) is 12.7 Å². The highest BCUT2D eigenvalue weighted by molar-refractivity contribution is 6.21. The standard InChI is InChI=1S/C14H15N5O5/c20-4-8-7(21)3-11(24-8)18-6-17-12-13(18)15-5-16-14(12)19-9(22)1-2-10(19)23/h5-8,11,20-21H,1-4H2. The smallest absolute Gasteiger partial charge is 0.235 e. The van der Waals surface area contributed by atoms with E-state index < -0.39 is 18.4 Å². The molecule has 4 heterocycles. The van der Waals surface area contributed by atoms with Gasteiger partial charge in [0, 0.05) is 19.3 Å². The van der Waals surface area contributed by atoms with Crippen LogP contribution in [0, 0.1) is 0 Å². The average molecular weight is 333 g/mol. The van der Waals surface area contributed by atoms with Crippen LogP contribution in [-0.4, -0.2) is 60.4 Å². The van der Waals surface area contributed by atoms with Gasteiger partial charge in [0.15, 0.2) is 17.0 Å². The van der Waals surface area contributed by atoms with Gasteiger partial charge in [0.1, 0.15) is 18.7 Å². The van der Waals surface area contributed by atoms with Crippen molar-refractivity contribution in [3.05, 3.63) is 12.7 Å². The largest absolute Gasteiger partial charge is 0.394 e. The lowest BCUT2D eigenvalue weighted by Crippen LogP contribution is -2.29. The Morgan fingerprint density at radius 2 is 1.96 bits per heavy atom. The minimum Gasteiger partial charge on any atom is -0.394 e. The van der Waals surface area contributed by atoms with Crippen LogP contribution in [0.2, 0.25) is 0 Å². The molecule has 2 aliphatic rings. The van der Waals surface area contributed by atoms with Crippen molar-refractivity contribution in [2.75, 3.05) is 11.5 Å². The van der Waals surface area contributed by atoms with Gasteiger partial charge in [-0.05, 0) is 0 Å². The summed E-state index contributed by atoms with van der Waals surface area (Å²) in [6.07, 6.45) is 1.29. The molecule has 2 fully saturated rings. The Kier molecular flexibility index (Phi) is 3.52. The van der Waals surface area contributed by atoms with Gasteiger partial charge < -0.3 is 14.9 Å². The van der Waals surface area contributed by atoms with Gasteiger partial charge in [0.05, 0.1) is 19.0 Å². The second kappa shape index (κ2) is 5.58. The van der Waals surface area contributed by atoms with Crippen molar-refractivity contribution in [1.82, 2.24) is 19.5 Å².